The van der Waals surface area contributed by atoms with Gasteiger partial charge >= 0.3 is 5.97 Å². The van der Waals surface area contributed by atoms with Gasteiger partial charge in [0.05, 0.1) is 11.5 Å². The Balaban J connectivity index is 2.21. The van der Waals surface area contributed by atoms with Gasteiger partial charge in [0, 0.05) is 17.0 Å². The fourth-order valence-electron chi connectivity index (χ4n) is 1.59. The Labute approximate surface area is 90.7 Å². The van der Waals surface area contributed by atoms with Crippen LogP contribution in [0.5, 0.6) is 0 Å². The van der Waals surface area contributed by atoms with Crippen molar-refractivity contribution in [2.24, 2.45) is 0 Å². The highest BCUT2D eigenvalue weighted by Crippen LogP contribution is 2.32. The Morgan fingerprint density at radius 3 is 2.80 bits per heavy atom. The quantitative estimate of drug-likeness (QED) is 0.833. The number of nitrogens with zero attached hydrogens (tertiary/aromatic N) is 1. The number of carboxylic acid groups (broad SMARTS) is 1. The van der Waals surface area contributed by atoms with Gasteiger partial charge in [-0.25, -0.2) is 18.2 Å². The van der Waals surface area contributed by atoms with Crippen LogP contribution in [0.2, 0.25) is 0 Å². The van der Waals surface area contributed by atoms with Gasteiger partial charge in [0.25, 0.3) is 0 Å². The molecule has 0 spiro atoms. The van der Waals surface area contributed by atoms with E-state index >= 15 is 0 Å². The van der Waals surface area contributed by atoms with Crippen molar-refractivity contribution in [2.45, 2.75) is 12.3 Å². The first-order valence-electron chi connectivity index (χ1n) is 4.37. The number of hydrogen-bond acceptors (Lipinski definition) is 5. The summed E-state index contributed by atoms with van der Waals surface area (Å²) < 4.78 is 22.4. The summed E-state index contributed by atoms with van der Waals surface area (Å²) in [5.41, 5.74) is 0. The number of rotatable bonds is 2. The molecule has 1 saturated heterocycles. The summed E-state index contributed by atoms with van der Waals surface area (Å²) in [7, 11) is -2.92. The first-order chi connectivity index (χ1) is 6.98. The van der Waals surface area contributed by atoms with Gasteiger partial charge in [-0.1, -0.05) is 0 Å². The van der Waals surface area contributed by atoms with E-state index in [0.29, 0.717) is 6.42 Å². The van der Waals surface area contributed by atoms with E-state index in [4.69, 9.17) is 5.11 Å². The molecular formula is C8H9NO4S2. The maximum Gasteiger partial charge on any atom is 0.365 e. The topological polar surface area (TPSA) is 84.3 Å². The summed E-state index contributed by atoms with van der Waals surface area (Å²) in [6.45, 7) is 0. The molecule has 1 aromatic rings. The van der Waals surface area contributed by atoms with Crippen LogP contribution in [0.15, 0.2) is 6.20 Å². The molecule has 0 bridgehead atoms. The van der Waals surface area contributed by atoms with Gasteiger partial charge in [-0.15, -0.1) is 11.3 Å². The molecule has 15 heavy (non-hydrogen) atoms. The van der Waals surface area contributed by atoms with E-state index in [1.807, 2.05) is 0 Å². The van der Waals surface area contributed by atoms with E-state index in [0.717, 1.165) is 16.2 Å². The number of sulfone groups is 1. The molecule has 0 saturated carbocycles. The van der Waals surface area contributed by atoms with Crippen LogP contribution in [0.3, 0.4) is 0 Å². The summed E-state index contributed by atoms with van der Waals surface area (Å²) >= 11 is 1.06. The molecule has 0 aliphatic carbocycles. The fourth-order valence-corrected chi connectivity index (χ4v) is 4.36. The number of hydrogen-bond donors (Lipinski definition) is 1. The highest BCUT2D eigenvalue weighted by molar-refractivity contribution is 7.91. The Kier molecular flexibility index (Phi) is 2.51. The molecule has 1 unspecified atom stereocenters. The third kappa shape index (κ3) is 2.18. The number of aromatic carboxylic acids is 1. The van der Waals surface area contributed by atoms with Gasteiger partial charge in [0.2, 0.25) is 5.01 Å². The molecule has 1 aromatic heterocycles. The predicted octanol–water partition coefficient (Wildman–Crippen LogP) is 0.743. The van der Waals surface area contributed by atoms with Crippen LogP contribution in [0.1, 0.15) is 27.0 Å². The summed E-state index contributed by atoms with van der Waals surface area (Å²) in [4.78, 5) is 15.1. The van der Waals surface area contributed by atoms with Crippen molar-refractivity contribution < 1.29 is 18.3 Å². The summed E-state index contributed by atoms with van der Waals surface area (Å²) in [6, 6.07) is 0. The van der Waals surface area contributed by atoms with E-state index in [-0.39, 0.29) is 22.4 Å². The number of aromatic nitrogens is 1. The SMILES string of the molecule is O=C(O)c1ncc(C2CCS(=O)(=O)C2)s1. The average molecular weight is 247 g/mol. The lowest BCUT2D eigenvalue weighted by Gasteiger charge is -2.00. The van der Waals surface area contributed by atoms with Gasteiger partial charge in [-0.2, -0.15) is 0 Å². The second kappa shape index (κ2) is 3.57. The molecule has 5 nitrogen and oxygen atoms in total. The van der Waals surface area contributed by atoms with Gasteiger partial charge in [0.15, 0.2) is 9.84 Å². The van der Waals surface area contributed by atoms with E-state index in [1.165, 1.54) is 6.20 Å². The van der Waals surface area contributed by atoms with E-state index < -0.39 is 15.8 Å². The Bertz CT molecular complexity index is 490. The normalized spacial score (nSPS) is 24.1. The van der Waals surface area contributed by atoms with E-state index in [2.05, 4.69) is 4.98 Å². The van der Waals surface area contributed by atoms with Crippen LogP contribution in [0, 0.1) is 0 Å². The van der Waals surface area contributed by atoms with Crippen LogP contribution in [-0.2, 0) is 9.84 Å². The minimum absolute atomic E-state index is 0.0225. The Morgan fingerprint density at radius 2 is 2.33 bits per heavy atom. The van der Waals surface area contributed by atoms with Crippen LogP contribution < -0.4 is 0 Å². The third-order valence-corrected chi connectivity index (χ3v) is 5.26. The zero-order valence-electron chi connectivity index (χ0n) is 7.71. The Morgan fingerprint density at radius 1 is 1.60 bits per heavy atom. The van der Waals surface area contributed by atoms with Crippen LogP contribution in [0.25, 0.3) is 0 Å². The minimum Gasteiger partial charge on any atom is -0.476 e. The zero-order valence-corrected chi connectivity index (χ0v) is 9.34. The molecule has 1 aliphatic heterocycles. The van der Waals surface area contributed by atoms with Gasteiger partial charge in [0.1, 0.15) is 0 Å². The van der Waals surface area contributed by atoms with E-state index in [1.54, 1.807) is 0 Å². The zero-order chi connectivity index (χ0) is 11.1. The first kappa shape index (κ1) is 10.6. The lowest BCUT2D eigenvalue weighted by atomic mass is 10.1. The van der Waals surface area contributed by atoms with Crippen LogP contribution in [0.4, 0.5) is 0 Å². The summed E-state index contributed by atoms with van der Waals surface area (Å²) in [6.07, 6.45) is 2.04. The molecule has 1 fully saturated rings. The first-order valence-corrected chi connectivity index (χ1v) is 7.01. The molecule has 1 atom stereocenters. The number of carboxylic acids is 1. The third-order valence-electron chi connectivity index (χ3n) is 2.34. The van der Waals surface area contributed by atoms with Crippen molar-refractivity contribution in [1.29, 1.82) is 0 Å². The molecule has 1 N–H and O–H groups in total. The lowest BCUT2D eigenvalue weighted by Crippen LogP contribution is -2.02. The second-order valence-corrected chi connectivity index (χ2v) is 6.76. The van der Waals surface area contributed by atoms with Crippen molar-refractivity contribution in [1.82, 2.24) is 4.98 Å². The predicted molar refractivity (Wildman–Crippen MR) is 55.1 cm³/mol. The summed E-state index contributed by atoms with van der Waals surface area (Å²) in [5, 5.41) is 8.70. The van der Waals surface area contributed by atoms with Gasteiger partial charge < -0.3 is 5.11 Å². The van der Waals surface area contributed by atoms with Crippen molar-refractivity contribution in [3.8, 4) is 0 Å². The Hall–Kier alpha value is -0.950. The highest BCUT2D eigenvalue weighted by atomic mass is 32.2. The lowest BCUT2D eigenvalue weighted by molar-refractivity contribution is 0.0696. The van der Waals surface area contributed by atoms with Gasteiger partial charge in [-0.05, 0) is 6.42 Å². The molecule has 0 amide bonds. The number of thiazole rings is 1. The molecule has 2 rings (SSSR count). The minimum atomic E-state index is -2.92. The van der Waals surface area contributed by atoms with E-state index in [9.17, 15) is 13.2 Å². The largest absolute Gasteiger partial charge is 0.476 e. The second-order valence-electron chi connectivity index (χ2n) is 3.47. The molecule has 0 radical (unpaired) electrons. The molecular weight excluding hydrogens is 238 g/mol. The van der Waals surface area contributed by atoms with Crippen molar-refractivity contribution in [2.75, 3.05) is 11.5 Å². The maximum absolute atomic E-state index is 11.2. The standard InChI is InChI=1S/C8H9NO4S2/c10-8(11)7-9-3-6(14-7)5-1-2-15(12,13)4-5/h3,5H,1-2,4H2,(H,10,11). The smallest absolute Gasteiger partial charge is 0.365 e. The van der Waals surface area contributed by atoms with Crippen molar-refractivity contribution in [3.05, 3.63) is 16.1 Å². The molecule has 82 valence electrons. The molecule has 0 aromatic carbocycles. The van der Waals surface area contributed by atoms with Crippen molar-refractivity contribution in [3.63, 3.8) is 0 Å². The average Bonchev–Trinajstić information content (AvgIpc) is 2.70. The van der Waals surface area contributed by atoms with Crippen LogP contribution in [-0.4, -0.2) is 36.0 Å². The fraction of sp³-hybridized carbons (Fsp3) is 0.500. The summed E-state index contributed by atoms with van der Waals surface area (Å²) in [5.74, 6) is -0.820. The van der Waals surface area contributed by atoms with Gasteiger partial charge in [-0.3, -0.25) is 0 Å². The molecule has 7 heteroatoms. The highest BCUT2D eigenvalue weighted by Gasteiger charge is 2.30. The number of carbonyl (C=O) groups is 1. The molecule has 2 heterocycles. The van der Waals surface area contributed by atoms with Crippen LogP contribution >= 0.6 is 11.3 Å². The van der Waals surface area contributed by atoms with Crippen molar-refractivity contribution >= 4 is 27.1 Å². The molecule has 1 aliphatic rings. The maximum atomic E-state index is 11.2. The monoisotopic (exact) mass is 247 g/mol.